The van der Waals surface area contributed by atoms with Gasteiger partial charge in [0, 0.05) is 0 Å². The molecule has 4 heteroatoms. The zero-order valence-electron chi connectivity index (χ0n) is 2.46. The van der Waals surface area contributed by atoms with E-state index in [9.17, 15) is 0 Å². The maximum atomic E-state index is 2.50. The topological polar surface area (TPSA) is 0 Å². The summed E-state index contributed by atoms with van der Waals surface area (Å²) in [6.07, 6.45) is 0. The number of hydrogen-bond acceptors (Lipinski definition) is 0. The standard InChI is InChI=1S/Hg.2HI.K/h;2*1H;/q+2;;;+1/p-2. The van der Waals surface area contributed by atoms with Crippen LogP contribution >= 0.6 is 35.3 Å². The van der Waals surface area contributed by atoms with Crippen LogP contribution in [0.25, 0.3) is 0 Å². The Labute approximate surface area is 98.8 Å². The maximum absolute atomic E-state index is 2.50. The molecule has 0 saturated heterocycles. The van der Waals surface area contributed by atoms with E-state index in [-0.39, 0.29) is 67.3 Å². The number of halogens is 2. The van der Waals surface area contributed by atoms with E-state index < -0.39 is 0 Å². The quantitative estimate of drug-likeness (QED) is 0.293. The Morgan fingerprint density at radius 2 is 1.25 bits per heavy atom. The first-order valence-corrected chi connectivity index (χ1v) is 31.5. The Balaban J connectivity index is 0. The Kier molecular flexibility index (Phi) is 27.6. The van der Waals surface area contributed by atoms with Crippen LogP contribution in [-0.2, 0) is 15.9 Å². The van der Waals surface area contributed by atoms with E-state index in [0.717, 1.165) is 0 Å². The summed E-state index contributed by atoms with van der Waals surface area (Å²) in [6, 6.07) is 0. The second-order valence-corrected chi connectivity index (χ2v) is 39.9. The molecule has 0 nitrogen and oxygen atoms in total. The van der Waals surface area contributed by atoms with Crippen LogP contribution in [0.4, 0.5) is 0 Å². The van der Waals surface area contributed by atoms with Crippen LogP contribution in [0.3, 0.4) is 0 Å². The molecule has 4 heavy (non-hydrogen) atoms. The third-order valence-electron chi connectivity index (χ3n) is 0. The van der Waals surface area contributed by atoms with Crippen molar-refractivity contribution in [1.82, 2.24) is 0 Å². The second-order valence-electron chi connectivity index (χ2n) is 0.101. The average Bonchev–Trinajstić information content (AvgIpc) is 0.918. The van der Waals surface area contributed by atoms with Gasteiger partial charge in [0.05, 0.1) is 0 Å². The molecule has 0 aromatic rings. The minimum Gasteiger partial charge on any atom is 1.00 e. The SMILES string of the molecule is [I][Hg][I].[K+]. The molecular weight excluding hydrogens is 493 g/mol. The van der Waals surface area contributed by atoms with Gasteiger partial charge in [0.15, 0.2) is 0 Å². The fourth-order valence-electron chi connectivity index (χ4n) is 0. The molecule has 0 aliphatic carbocycles. The van der Waals surface area contributed by atoms with E-state index in [1.165, 1.54) is 0 Å². The van der Waals surface area contributed by atoms with Gasteiger partial charge >= 0.3 is 103 Å². The molecule has 16 valence electrons. The molecule has 0 bridgehead atoms. The molecule has 0 aromatic carbocycles. The van der Waals surface area contributed by atoms with Crippen molar-refractivity contribution in [3.63, 3.8) is 0 Å². The summed E-state index contributed by atoms with van der Waals surface area (Å²) in [5.74, 6) is 0. The monoisotopic (exact) mass is 495 g/mol. The molecule has 0 spiro atoms. The van der Waals surface area contributed by atoms with Gasteiger partial charge in [-0.15, -0.1) is 0 Å². The number of hydrogen-bond donors (Lipinski definition) is 0. The van der Waals surface area contributed by atoms with Crippen molar-refractivity contribution in [1.29, 1.82) is 0 Å². The van der Waals surface area contributed by atoms with Crippen molar-refractivity contribution in [3.8, 4) is 0 Å². The Bertz CT molecular complexity index is 6.00. The van der Waals surface area contributed by atoms with Crippen molar-refractivity contribution in [2.75, 3.05) is 0 Å². The van der Waals surface area contributed by atoms with Crippen molar-refractivity contribution >= 4 is 35.3 Å². The van der Waals surface area contributed by atoms with E-state index in [1.807, 2.05) is 0 Å². The van der Waals surface area contributed by atoms with E-state index >= 15 is 0 Å². The molecule has 0 aliphatic heterocycles. The largest absolute Gasteiger partial charge is 1.00 e. The maximum Gasteiger partial charge on any atom is 1.00 e. The molecule has 0 N–H and O–H groups in total. The van der Waals surface area contributed by atoms with E-state index in [1.54, 1.807) is 0 Å². The van der Waals surface area contributed by atoms with Crippen molar-refractivity contribution < 1.29 is 67.3 Å². The van der Waals surface area contributed by atoms with Crippen LogP contribution in [0.5, 0.6) is 0 Å². The summed E-state index contributed by atoms with van der Waals surface area (Å²) < 4.78 is 0. The van der Waals surface area contributed by atoms with Gasteiger partial charge in [-0.2, -0.15) is 0 Å². The molecule has 0 rings (SSSR count). The molecule has 0 aliphatic rings. The minimum absolute atomic E-state index is 0. The van der Waals surface area contributed by atoms with Gasteiger partial charge < -0.3 is 0 Å². The number of rotatable bonds is 0. The summed E-state index contributed by atoms with van der Waals surface area (Å²) in [6.45, 7) is 0. The predicted octanol–water partition coefficient (Wildman–Crippen LogP) is -1.23. The fraction of sp³-hybridized carbons (Fsp3) is 0. The third kappa shape index (κ3) is 9.39. The fourth-order valence-corrected chi connectivity index (χ4v) is 0. The first-order chi connectivity index (χ1) is 1.41. The van der Waals surface area contributed by atoms with Crippen LogP contribution in [0, 0.1) is 0 Å². The molecule has 0 heterocycles. The van der Waals surface area contributed by atoms with Crippen molar-refractivity contribution in [2.24, 2.45) is 0 Å². The van der Waals surface area contributed by atoms with Crippen molar-refractivity contribution in [3.05, 3.63) is 0 Å². The van der Waals surface area contributed by atoms with Crippen LogP contribution in [0.15, 0.2) is 0 Å². The Morgan fingerprint density at radius 3 is 1.25 bits per heavy atom. The first kappa shape index (κ1) is 10.9. The molecule has 0 atom stereocenters. The van der Waals surface area contributed by atoms with E-state index in [2.05, 4.69) is 35.3 Å². The molecule has 0 radical (unpaired) electrons. The summed E-state index contributed by atoms with van der Waals surface area (Å²) in [5.41, 5.74) is 0. The van der Waals surface area contributed by atoms with Gasteiger partial charge in [-0.3, -0.25) is 0 Å². The summed E-state index contributed by atoms with van der Waals surface area (Å²) in [4.78, 5) is 0. The van der Waals surface area contributed by atoms with Gasteiger partial charge in [0.25, 0.3) is 0 Å². The summed E-state index contributed by atoms with van der Waals surface area (Å²) >= 11 is 4.85. The van der Waals surface area contributed by atoms with Gasteiger partial charge in [0.1, 0.15) is 0 Å². The van der Waals surface area contributed by atoms with E-state index in [4.69, 9.17) is 0 Å². The van der Waals surface area contributed by atoms with Crippen LogP contribution in [-0.4, -0.2) is 0 Å². The third-order valence-corrected chi connectivity index (χ3v) is 0. The molecular formula is HgI2K+. The predicted molar refractivity (Wildman–Crippen MR) is 28.0 cm³/mol. The van der Waals surface area contributed by atoms with Crippen LogP contribution < -0.4 is 51.4 Å². The summed E-state index contributed by atoms with van der Waals surface area (Å²) in [7, 11) is 0. The Hall–Kier alpha value is 4.03. The average molecular weight is 493 g/mol. The molecule has 0 saturated carbocycles. The smallest absolute Gasteiger partial charge is 1.00 e. The van der Waals surface area contributed by atoms with E-state index in [0.29, 0.717) is 0 Å². The van der Waals surface area contributed by atoms with Crippen LogP contribution in [0.2, 0.25) is 0 Å². The van der Waals surface area contributed by atoms with Gasteiger partial charge in [-0.1, -0.05) is 0 Å². The van der Waals surface area contributed by atoms with Gasteiger partial charge in [0.2, 0.25) is 0 Å². The zero-order chi connectivity index (χ0) is 2.71. The zero-order valence-corrected chi connectivity index (χ0v) is 15.4. The molecule has 0 amide bonds. The second kappa shape index (κ2) is 10.1. The van der Waals surface area contributed by atoms with Gasteiger partial charge in [-0.05, 0) is 0 Å². The molecule has 0 aromatic heterocycles. The minimum atomic E-state index is -0.143. The normalized spacial score (nSPS) is 2.50. The Morgan fingerprint density at radius 1 is 1.25 bits per heavy atom. The van der Waals surface area contributed by atoms with Gasteiger partial charge in [-0.25, -0.2) is 0 Å². The molecule has 0 unspecified atom stereocenters. The first-order valence-electron chi connectivity index (χ1n) is 0.535. The summed E-state index contributed by atoms with van der Waals surface area (Å²) in [5, 5.41) is 0. The van der Waals surface area contributed by atoms with Crippen molar-refractivity contribution in [2.45, 2.75) is 0 Å². The molecule has 0 fully saturated rings. The van der Waals surface area contributed by atoms with Crippen LogP contribution in [0.1, 0.15) is 0 Å².